The Kier molecular flexibility index (Phi) is 6.95. The first-order valence-electron chi connectivity index (χ1n) is 5.61. The van der Waals surface area contributed by atoms with E-state index < -0.39 is 0 Å². The molecule has 1 saturated heterocycles. The standard InChI is InChI=1S/C11H22N2O2.ClH/c1-11(2,12)8-13-10(14)7-9-3-5-15-6-4-9;/h9H,3-8,12H2,1-2H3,(H,13,14);1H. The summed E-state index contributed by atoms with van der Waals surface area (Å²) >= 11 is 0. The molecule has 1 heterocycles. The van der Waals surface area contributed by atoms with Gasteiger partial charge in [-0.1, -0.05) is 0 Å². The molecular formula is C11H23ClN2O2. The van der Waals surface area contributed by atoms with Crippen LogP contribution in [0.4, 0.5) is 0 Å². The van der Waals surface area contributed by atoms with Crippen molar-refractivity contribution in [1.82, 2.24) is 5.32 Å². The Morgan fingerprint density at radius 3 is 2.50 bits per heavy atom. The molecule has 4 nitrogen and oxygen atoms in total. The number of amides is 1. The molecule has 3 N–H and O–H groups in total. The van der Waals surface area contributed by atoms with Gasteiger partial charge in [0.2, 0.25) is 5.91 Å². The van der Waals surface area contributed by atoms with Crippen LogP contribution in [0.5, 0.6) is 0 Å². The summed E-state index contributed by atoms with van der Waals surface area (Å²) in [5.41, 5.74) is 5.45. The molecule has 96 valence electrons. The van der Waals surface area contributed by atoms with Gasteiger partial charge in [0.1, 0.15) is 0 Å². The van der Waals surface area contributed by atoms with Gasteiger partial charge in [0.05, 0.1) is 0 Å². The predicted molar refractivity (Wildman–Crippen MR) is 66.7 cm³/mol. The topological polar surface area (TPSA) is 64.3 Å². The van der Waals surface area contributed by atoms with Gasteiger partial charge in [0, 0.05) is 31.7 Å². The summed E-state index contributed by atoms with van der Waals surface area (Å²) < 4.78 is 5.24. The molecule has 1 aliphatic rings. The van der Waals surface area contributed by atoms with Crippen LogP contribution in [-0.2, 0) is 9.53 Å². The number of ether oxygens (including phenoxy) is 1. The molecule has 0 aromatic heterocycles. The van der Waals surface area contributed by atoms with Crippen LogP contribution in [0.2, 0.25) is 0 Å². The lowest BCUT2D eigenvalue weighted by atomic mass is 9.96. The van der Waals surface area contributed by atoms with Gasteiger partial charge in [0.25, 0.3) is 0 Å². The maximum Gasteiger partial charge on any atom is 0.220 e. The minimum atomic E-state index is -0.328. The Morgan fingerprint density at radius 1 is 1.44 bits per heavy atom. The monoisotopic (exact) mass is 250 g/mol. The van der Waals surface area contributed by atoms with Gasteiger partial charge >= 0.3 is 0 Å². The van der Waals surface area contributed by atoms with Gasteiger partial charge in [-0.2, -0.15) is 0 Å². The molecule has 0 saturated carbocycles. The molecule has 16 heavy (non-hydrogen) atoms. The molecule has 1 fully saturated rings. The Balaban J connectivity index is 0.00000225. The van der Waals surface area contributed by atoms with Crippen LogP contribution < -0.4 is 11.1 Å². The maximum absolute atomic E-state index is 11.6. The summed E-state index contributed by atoms with van der Waals surface area (Å²) in [4.78, 5) is 11.6. The van der Waals surface area contributed by atoms with Crippen LogP contribution in [0, 0.1) is 5.92 Å². The first-order chi connectivity index (χ1) is 6.97. The molecule has 0 unspecified atom stereocenters. The van der Waals surface area contributed by atoms with E-state index in [2.05, 4.69) is 5.32 Å². The fraction of sp³-hybridized carbons (Fsp3) is 0.909. The second kappa shape index (κ2) is 7.09. The van der Waals surface area contributed by atoms with E-state index >= 15 is 0 Å². The Labute approximate surface area is 104 Å². The minimum Gasteiger partial charge on any atom is -0.381 e. The number of rotatable bonds is 4. The molecule has 5 heteroatoms. The van der Waals surface area contributed by atoms with Crippen molar-refractivity contribution in [3.63, 3.8) is 0 Å². The molecule has 0 aliphatic carbocycles. The van der Waals surface area contributed by atoms with Crippen molar-refractivity contribution >= 4 is 18.3 Å². The lowest BCUT2D eigenvalue weighted by Gasteiger charge is -2.23. The summed E-state index contributed by atoms with van der Waals surface area (Å²) in [5.74, 6) is 0.597. The summed E-state index contributed by atoms with van der Waals surface area (Å²) in [7, 11) is 0. The van der Waals surface area contributed by atoms with E-state index in [0.29, 0.717) is 18.9 Å². The number of hydrogen-bond donors (Lipinski definition) is 2. The third-order valence-electron chi connectivity index (χ3n) is 2.56. The molecule has 1 amide bonds. The van der Waals surface area contributed by atoms with Gasteiger partial charge in [0.15, 0.2) is 0 Å². The normalized spacial score (nSPS) is 17.7. The quantitative estimate of drug-likeness (QED) is 0.785. The van der Waals surface area contributed by atoms with E-state index in [1.54, 1.807) is 0 Å². The van der Waals surface area contributed by atoms with Crippen molar-refractivity contribution in [1.29, 1.82) is 0 Å². The lowest BCUT2D eigenvalue weighted by Crippen LogP contribution is -2.45. The van der Waals surface area contributed by atoms with E-state index in [4.69, 9.17) is 10.5 Å². The Bertz CT molecular complexity index is 211. The first kappa shape index (κ1) is 15.7. The van der Waals surface area contributed by atoms with Gasteiger partial charge in [-0.25, -0.2) is 0 Å². The van der Waals surface area contributed by atoms with E-state index in [-0.39, 0.29) is 23.9 Å². The molecule has 0 bridgehead atoms. The van der Waals surface area contributed by atoms with Crippen molar-refractivity contribution in [3.8, 4) is 0 Å². The van der Waals surface area contributed by atoms with E-state index in [1.165, 1.54) is 0 Å². The van der Waals surface area contributed by atoms with Gasteiger partial charge in [-0.05, 0) is 32.6 Å². The fourth-order valence-corrected chi connectivity index (χ4v) is 1.61. The highest BCUT2D eigenvalue weighted by Gasteiger charge is 2.18. The van der Waals surface area contributed by atoms with E-state index in [0.717, 1.165) is 26.1 Å². The second-order valence-corrected chi connectivity index (χ2v) is 5.03. The first-order valence-corrected chi connectivity index (χ1v) is 5.61. The highest BCUT2D eigenvalue weighted by Crippen LogP contribution is 2.17. The molecule has 0 atom stereocenters. The largest absolute Gasteiger partial charge is 0.381 e. The Hall–Kier alpha value is -0.320. The number of carbonyl (C=O) groups is 1. The van der Waals surface area contributed by atoms with Crippen molar-refractivity contribution < 1.29 is 9.53 Å². The molecule has 0 radical (unpaired) electrons. The molecule has 0 aromatic carbocycles. The Morgan fingerprint density at radius 2 is 2.00 bits per heavy atom. The second-order valence-electron chi connectivity index (χ2n) is 5.03. The molecule has 1 rings (SSSR count). The maximum atomic E-state index is 11.6. The van der Waals surface area contributed by atoms with Crippen LogP contribution in [0.25, 0.3) is 0 Å². The van der Waals surface area contributed by atoms with Crippen molar-refractivity contribution in [2.75, 3.05) is 19.8 Å². The summed E-state index contributed by atoms with van der Waals surface area (Å²) in [6, 6.07) is 0. The van der Waals surface area contributed by atoms with Crippen LogP contribution in [0.1, 0.15) is 33.1 Å². The SMILES string of the molecule is CC(C)(N)CNC(=O)CC1CCOCC1.Cl. The number of nitrogens with one attached hydrogen (secondary N) is 1. The minimum absolute atomic E-state index is 0. The third kappa shape index (κ3) is 7.04. The van der Waals surface area contributed by atoms with Crippen molar-refractivity contribution in [2.24, 2.45) is 11.7 Å². The molecule has 0 aromatic rings. The van der Waals surface area contributed by atoms with Gasteiger partial charge in [-0.15, -0.1) is 12.4 Å². The van der Waals surface area contributed by atoms with Crippen molar-refractivity contribution in [3.05, 3.63) is 0 Å². The summed E-state index contributed by atoms with van der Waals surface area (Å²) in [6.45, 7) is 5.93. The molecular weight excluding hydrogens is 228 g/mol. The van der Waals surface area contributed by atoms with Crippen molar-refractivity contribution in [2.45, 2.75) is 38.6 Å². The summed E-state index contributed by atoms with van der Waals surface area (Å²) in [6.07, 6.45) is 2.61. The van der Waals surface area contributed by atoms with Crippen LogP contribution in [0.15, 0.2) is 0 Å². The average Bonchev–Trinajstić information content (AvgIpc) is 2.15. The van der Waals surface area contributed by atoms with Gasteiger partial charge < -0.3 is 15.8 Å². The highest BCUT2D eigenvalue weighted by atomic mass is 35.5. The number of nitrogens with two attached hydrogens (primary N) is 1. The number of hydrogen-bond acceptors (Lipinski definition) is 3. The van der Waals surface area contributed by atoms with E-state index in [9.17, 15) is 4.79 Å². The van der Waals surface area contributed by atoms with Crippen LogP contribution in [-0.4, -0.2) is 31.2 Å². The zero-order valence-corrected chi connectivity index (χ0v) is 10.9. The van der Waals surface area contributed by atoms with Crippen LogP contribution >= 0.6 is 12.4 Å². The zero-order valence-electron chi connectivity index (χ0n) is 10.1. The van der Waals surface area contributed by atoms with Crippen LogP contribution in [0.3, 0.4) is 0 Å². The molecule has 1 aliphatic heterocycles. The number of halogens is 1. The lowest BCUT2D eigenvalue weighted by molar-refractivity contribution is -0.122. The predicted octanol–water partition coefficient (Wildman–Crippen LogP) is 1.08. The van der Waals surface area contributed by atoms with E-state index in [1.807, 2.05) is 13.8 Å². The smallest absolute Gasteiger partial charge is 0.220 e. The highest BCUT2D eigenvalue weighted by molar-refractivity contribution is 5.85. The number of carbonyl (C=O) groups excluding carboxylic acids is 1. The zero-order chi connectivity index (χ0) is 11.3. The summed E-state index contributed by atoms with van der Waals surface area (Å²) in [5, 5.41) is 2.87. The third-order valence-corrected chi connectivity index (χ3v) is 2.56. The average molecular weight is 251 g/mol. The van der Waals surface area contributed by atoms with Gasteiger partial charge in [-0.3, -0.25) is 4.79 Å². The fourth-order valence-electron chi connectivity index (χ4n) is 1.61. The molecule has 0 spiro atoms.